The molecule has 0 fully saturated rings. The number of rotatable bonds is 10. The summed E-state index contributed by atoms with van der Waals surface area (Å²) in [5.74, 6) is -0.226. The summed E-state index contributed by atoms with van der Waals surface area (Å²) in [6.07, 6.45) is 0. The number of methoxy groups -OCH3 is 2. The van der Waals surface area contributed by atoms with E-state index in [9.17, 15) is 37.1 Å². The van der Waals surface area contributed by atoms with Crippen LogP contribution in [0.2, 0.25) is 5.04 Å². The van der Waals surface area contributed by atoms with Crippen LogP contribution < -0.4 is 29.4 Å². The summed E-state index contributed by atoms with van der Waals surface area (Å²) >= 11 is 0. The zero-order valence-electron chi connectivity index (χ0n) is 26.1. The predicted molar refractivity (Wildman–Crippen MR) is 179 cm³/mol. The minimum Gasteiger partial charge on any atom is -0.495 e. The van der Waals surface area contributed by atoms with E-state index >= 15 is 0 Å². The predicted octanol–water partition coefficient (Wildman–Crippen LogP) is 3.69. The van der Waals surface area contributed by atoms with Gasteiger partial charge in [0, 0.05) is 12.1 Å². The van der Waals surface area contributed by atoms with E-state index in [2.05, 4.69) is 4.39 Å². The lowest BCUT2D eigenvalue weighted by Crippen LogP contribution is -2.74. The molecule has 250 valence electrons. The smallest absolute Gasteiger partial charge is 0.273 e. The van der Waals surface area contributed by atoms with Gasteiger partial charge in [-0.25, -0.2) is 26.4 Å². The molecular weight excluding hydrogens is 669 g/mol. The molecule has 4 rings (SSSR count). The molecule has 17 heteroatoms. The number of benzene rings is 4. The van der Waals surface area contributed by atoms with Crippen molar-refractivity contribution >= 4 is 50.0 Å². The van der Waals surface area contributed by atoms with Gasteiger partial charge in [0.15, 0.2) is 0 Å². The monoisotopic (exact) mass is 702 g/mol. The van der Waals surface area contributed by atoms with Crippen molar-refractivity contribution in [3.05, 3.63) is 117 Å². The molecule has 4 aromatic rings. The van der Waals surface area contributed by atoms with Crippen molar-refractivity contribution in [2.24, 2.45) is 5.14 Å². The average molecular weight is 703 g/mol. The minimum absolute atomic E-state index is 0.0790. The zero-order chi connectivity index (χ0) is 35.2. The summed E-state index contributed by atoms with van der Waals surface area (Å²) in [7, 11) is -8.73. The number of non-ortho nitro benzene ring substituents is 2. The van der Waals surface area contributed by atoms with Crippen LogP contribution in [0.1, 0.15) is 20.8 Å². The number of nitro groups is 2. The topological polar surface area (TPSA) is 211 Å². The second-order valence-corrected chi connectivity index (χ2v) is 19.0. The molecule has 0 saturated carbocycles. The fourth-order valence-corrected chi connectivity index (χ4v) is 13.9. The highest BCUT2D eigenvalue weighted by Gasteiger charge is 2.51. The maximum atomic E-state index is 13.8. The van der Waals surface area contributed by atoms with Crippen LogP contribution in [0, 0.1) is 20.2 Å². The van der Waals surface area contributed by atoms with Gasteiger partial charge in [-0.3, -0.25) is 20.2 Å². The Kier molecular flexibility index (Phi) is 11.3. The second kappa shape index (κ2) is 14.4. The maximum absolute atomic E-state index is 13.8. The molecule has 0 saturated heterocycles. The molecule has 14 nitrogen and oxygen atoms in total. The normalized spacial score (nSPS) is 12.0. The first-order valence-corrected chi connectivity index (χ1v) is 18.7. The molecule has 0 radical (unpaired) electrons. The fraction of sp³-hybridized carbons (Fsp3) is 0.200. The Hall–Kier alpha value is -4.68. The second-order valence-electron chi connectivity index (χ2n) is 11.1. The van der Waals surface area contributed by atoms with Gasteiger partial charge in [-0.2, -0.15) is 0 Å². The van der Waals surface area contributed by atoms with E-state index < -0.39 is 43.2 Å². The van der Waals surface area contributed by atoms with E-state index in [0.717, 1.165) is 34.6 Å². The Morgan fingerprint density at radius 1 is 0.681 bits per heavy atom. The van der Waals surface area contributed by atoms with Crippen molar-refractivity contribution in [1.29, 1.82) is 0 Å². The zero-order valence-corrected chi connectivity index (χ0v) is 28.7. The average Bonchev–Trinajstić information content (AvgIpc) is 3.03. The number of nitro benzene ring substituents is 2. The summed E-state index contributed by atoms with van der Waals surface area (Å²) in [4.78, 5) is 19.9. The first kappa shape index (κ1) is 36.8. The molecule has 0 amide bonds. The van der Waals surface area contributed by atoms with Crippen molar-refractivity contribution < 1.29 is 36.2 Å². The van der Waals surface area contributed by atoms with Gasteiger partial charge in [-0.15, -0.1) is 0 Å². The molecular formula is C30H34N4O10S2Si. The number of ether oxygens (including phenoxy) is 2. The molecule has 4 aromatic carbocycles. The number of hydrogen-bond donors (Lipinski definition) is 2. The van der Waals surface area contributed by atoms with E-state index in [0.29, 0.717) is 0 Å². The summed E-state index contributed by atoms with van der Waals surface area (Å²) in [6.45, 7) is 6.07. The van der Waals surface area contributed by atoms with Crippen LogP contribution in [0.4, 0.5) is 11.4 Å². The first-order chi connectivity index (χ1) is 21.9. The molecule has 0 aliphatic carbocycles. The molecule has 0 bridgehead atoms. The molecule has 0 aromatic heterocycles. The van der Waals surface area contributed by atoms with Gasteiger partial charge in [-0.05, 0) is 27.5 Å². The molecule has 0 aliphatic rings. The highest BCUT2D eigenvalue weighted by molar-refractivity contribution is 7.91. The number of nitrogens with zero attached hydrogens (tertiary/aromatic N) is 2. The van der Waals surface area contributed by atoms with Crippen molar-refractivity contribution in [3.63, 3.8) is 0 Å². The molecule has 0 atom stereocenters. The molecule has 0 aliphatic heterocycles. The van der Waals surface area contributed by atoms with Crippen LogP contribution in [0.3, 0.4) is 0 Å². The molecule has 0 unspecified atom stereocenters. The lowest BCUT2D eigenvalue weighted by Gasteiger charge is -2.43. The lowest BCUT2D eigenvalue weighted by atomic mass is 10.2. The van der Waals surface area contributed by atoms with E-state index in [1.165, 1.54) is 26.4 Å². The Balaban J connectivity index is 0.000000335. The van der Waals surface area contributed by atoms with Gasteiger partial charge in [0.2, 0.25) is 28.3 Å². The van der Waals surface area contributed by atoms with Gasteiger partial charge < -0.3 is 9.47 Å². The Morgan fingerprint density at radius 3 is 1.40 bits per heavy atom. The third kappa shape index (κ3) is 8.19. The van der Waals surface area contributed by atoms with Crippen molar-refractivity contribution in [1.82, 2.24) is 4.39 Å². The summed E-state index contributed by atoms with van der Waals surface area (Å²) in [6, 6.07) is 25.7. The standard InChI is InChI=1S/C23H26N2O5SSi.C7H8N2O5S/c1-23(2,3)32(19-11-7-5-8-12-19,20-13-9-6-10-14-20)24-31(28,29)22-16-15-18(25(26)27)17-21(22)30-4;1-14-6-4-5(9(10)11)2-3-7(6)15(8,12)13/h5-17,24H,1-4H3;2-4H,1H3,(H2,8,12,13). The Bertz CT molecular complexity index is 1930. The fourth-order valence-electron chi connectivity index (χ4n) is 4.93. The minimum atomic E-state index is -4.12. The third-order valence-corrected chi connectivity index (χ3v) is 16.0. The largest absolute Gasteiger partial charge is 0.495 e. The molecule has 47 heavy (non-hydrogen) atoms. The van der Waals surface area contributed by atoms with Crippen molar-refractivity contribution in [2.45, 2.75) is 35.6 Å². The van der Waals surface area contributed by atoms with E-state index in [1.807, 2.05) is 81.4 Å². The Labute approximate surface area is 273 Å². The van der Waals surface area contributed by atoms with Gasteiger partial charge in [0.05, 0.1) is 36.2 Å². The quantitative estimate of drug-likeness (QED) is 0.139. The SMILES string of the molecule is COc1cc([N+](=O)[O-])ccc1S(=O)(=O)N[Si](c1ccccc1)(c1ccccc1)C(C)(C)C.COc1cc([N+](=O)[O-])ccc1S(N)(=O)=O. The van der Waals surface area contributed by atoms with Crippen LogP contribution >= 0.6 is 0 Å². The highest BCUT2D eigenvalue weighted by atomic mass is 32.2. The van der Waals surface area contributed by atoms with E-state index in [4.69, 9.17) is 14.6 Å². The van der Waals surface area contributed by atoms with E-state index in [-0.39, 0.29) is 32.7 Å². The van der Waals surface area contributed by atoms with Crippen LogP contribution in [-0.4, -0.2) is 49.1 Å². The summed E-state index contributed by atoms with van der Waals surface area (Å²) < 4.78 is 62.6. The van der Waals surface area contributed by atoms with Crippen LogP contribution in [-0.2, 0) is 20.0 Å². The van der Waals surface area contributed by atoms with Crippen LogP contribution in [0.5, 0.6) is 11.5 Å². The Morgan fingerprint density at radius 2 is 1.06 bits per heavy atom. The molecule has 0 spiro atoms. The molecule has 0 heterocycles. The number of nitrogens with one attached hydrogen (secondary N) is 1. The highest BCUT2D eigenvalue weighted by Crippen LogP contribution is 2.37. The number of sulfonamides is 2. The number of primary sulfonamides is 1. The van der Waals surface area contributed by atoms with Gasteiger partial charge in [-0.1, -0.05) is 81.4 Å². The van der Waals surface area contributed by atoms with Gasteiger partial charge in [0.25, 0.3) is 11.4 Å². The van der Waals surface area contributed by atoms with Crippen molar-refractivity contribution in [3.8, 4) is 11.5 Å². The lowest BCUT2D eigenvalue weighted by molar-refractivity contribution is -0.385. The van der Waals surface area contributed by atoms with Gasteiger partial charge in [0.1, 0.15) is 21.3 Å². The molecule has 3 N–H and O–H groups in total. The van der Waals surface area contributed by atoms with Crippen LogP contribution in [0.15, 0.2) is 107 Å². The first-order valence-electron chi connectivity index (χ1n) is 13.7. The summed E-state index contributed by atoms with van der Waals surface area (Å²) in [5, 5.41) is 27.8. The van der Waals surface area contributed by atoms with Gasteiger partial charge >= 0.3 is 0 Å². The number of hydrogen-bond acceptors (Lipinski definition) is 10. The third-order valence-electron chi connectivity index (χ3n) is 7.14. The van der Waals surface area contributed by atoms with E-state index in [1.54, 1.807) is 0 Å². The van der Waals surface area contributed by atoms with Crippen molar-refractivity contribution in [2.75, 3.05) is 14.2 Å². The van der Waals surface area contributed by atoms with Crippen LogP contribution in [0.25, 0.3) is 0 Å². The number of nitrogens with two attached hydrogens (primary N) is 1. The maximum Gasteiger partial charge on any atom is 0.273 e. The summed E-state index contributed by atoms with van der Waals surface area (Å²) in [5.41, 5.74) is -0.509.